The smallest absolute Gasteiger partial charge is 0.387 e. The molecule has 0 spiro atoms. The largest absolute Gasteiger partial charge is 0.435 e. The maximum absolute atomic E-state index is 12.0. The van der Waals surface area contributed by atoms with Crippen molar-refractivity contribution in [3.8, 4) is 17.1 Å². The van der Waals surface area contributed by atoms with Crippen molar-refractivity contribution in [2.24, 2.45) is 0 Å². The lowest BCUT2D eigenvalue weighted by Crippen LogP contribution is -2.01. The summed E-state index contributed by atoms with van der Waals surface area (Å²) in [6.45, 7) is -2.83. The molecule has 18 heavy (non-hydrogen) atoms. The van der Waals surface area contributed by atoms with E-state index in [2.05, 4.69) is 14.7 Å². The van der Waals surface area contributed by atoms with Gasteiger partial charge in [-0.2, -0.15) is 8.78 Å². The highest BCUT2D eigenvalue weighted by Gasteiger charge is 2.07. The lowest BCUT2D eigenvalue weighted by molar-refractivity contribution is -0.0498. The third-order valence-corrected chi connectivity index (χ3v) is 3.44. The van der Waals surface area contributed by atoms with Crippen molar-refractivity contribution in [1.29, 1.82) is 0 Å². The van der Waals surface area contributed by atoms with E-state index in [9.17, 15) is 8.78 Å². The molecule has 0 unspecified atom stereocenters. The van der Waals surface area contributed by atoms with Crippen molar-refractivity contribution in [2.45, 2.75) is 6.61 Å². The maximum atomic E-state index is 12.0. The van der Waals surface area contributed by atoms with Gasteiger partial charge in [0.25, 0.3) is 0 Å². The van der Waals surface area contributed by atoms with Crippen LogP contribution in [0.1, 0.15) is 0 Å². The summed E-state index contributed by atoms with van der Waals surface area (Å²) in [6, 6.07) is 6.04. The van der Waals surface area contributed by atoms with Crippen LogP contribution in [0.3, 0.4) is 0 Å². The standard InChI is InChI=1S/C11H6ClF2IN2O/c12-9-8(15)5-16-10(17-9)6-1-3-7(4-2-6)18-11(13)14/h1-5,11H. The molecule has 0 fully saturated rings. The van der Waals surface area contributed by atoms with Gasteiger partial charge in [-0.3, -0.25) is 0 Å². The molecule has 0 atom stereocenters. The summed E-state index contributed by atoms with van der Waals surface area (Å²) in [5.41, 5.74) is 0.676. The minimum Gasteiger partial charge on any atom is -0.435 e. The fourth-order valence-corrected chi connectivity index (χ4v) is 1.66. The SMILES string of the molecule is FC(F)Oc1ccc(-c2ncc(I)c(Cl)n2)cc1. The van der Waals surface area contributed by atoms with Gasteiger partial charge in [-0.05, 0) is 46.9 Å². The Kier molecular flexibility index (Phi) is 4.28. The molecule has 2 aromatic rings. The molecule has 1 aromatic carbocycles. The summed E-state index contributed by atoms with van der Waals surface area (Å²) < 4.78 is 28.9. The second-order valence-electron chi connectivity index (χ2n) is 3.24. The van der Waals surface area contributed by atoms with Crippen LogP contribution in [-0.4, -0.2) is 16.6 Å². The Labute approximate surface area is 120 Å². The molecule has 0 aliphatic rings. The monoisotopic (exact) mass is 382 g/mol. The van der Waals surface area contributed by atoms with Crippen LogP contribution in [0.25, 0.3) is 11.4 Å². The molecule has 0 amide bonds. The van der Waals surface area contributed by atoms with Gasteiger partial charge in [0, 0.05) is 11.8 Å². The molecule has 0 saturated carbocycles. The van der Waals surface area contributed by atoms with Crippen LogP contribution in [0.2, 0.25) is 5.15 Å². The molecular weight excluding hydrogens is 376 g/mol. The van der Waals surface area contributed by atoms with Gasteiger partial charge >= 0.3 is 6.61 Å². The Hall–Kier alpha value is -1.02. The fraction of sp³-hybridized carbons (Fsp3) is 0.0909. The first-order valence-electron chi connectivity index (χ1n) is 4.79. The summed E-state index contributed by atoms with van der Waals surface area (Å²) in [5.74, 6) is 0.523. The Morgan fingerprint density at radius 3 is 2.44 bits per heavy atom. The quantitative estimate of drug-likeness (QED) is 0.594. The highest BCUT2D eigenvalue weighted by Crippen LogP contribution is 2.23. The summed E-state index contributed by atoms with van der Waals surface area (Å²) in [4.78, 5) is 8.20. The van der Waals surface area contributed by atoms with E-state index in [1.54, 1.807) is 18.3 Å². The van der Waals surface area contributed by atoms with E-state index in [0.717, 1.165) is 3.57 Å². The van der Waals surface area contributed by atoms with Gasteiger partial charge in [-0.25, -0.2) is 9.97 Å². The van der Waals surface area contributed by atoms with Gasteiger partial charge in [-0.15, -0.1) is 0 Å². The molecule has 1 aromatic heterocycles. The van der Waals surface area contributed by atoms with E-state index in [-0.39, 0.29) is 5.75 Å². The second-order valence-corrected chi connectivity index (χ2v) is 4.76. The third kappa shape index (κ3) is 3.26. The van der Waals surface area contributed by atoms with E-state index in [0.29, 0.717) is 16.5 Å². The van der Waals surface area contributed by atoms with Gasteiger partial charge < -0.3 is 4.74 Å². The molecule has 3 nitrogen and oxygen atoms in total. The minimum atomic E-state index is -2.83. The molecule has 0 saturated heterocycles. The Balaban J connectivity index is 2.25. The summed E-state index contributed by atoms with van der Waals surface area (Å²) >= 11 is 7.90. The Morgan fingerprint density at radius 1 is 1.22 bits per heavy atom. The van der Waals surface area contributed by atoms with Crippen molar-refractivity contribution in [1.82, 2.24) is 9.97 Å². The van der Waals surface area contributed by atoms with Gasteiger partial charge in [0.15, 0.2) is 5.82 Å². The number of halogens is 4. The number of ether oxygens (including phenoxy) is 1. The molecular formula is C11H6ClF2IN2O. The van der Waals surface area contributed by atoms with Gasteiger partial charge in [0.05, 0.1) is 3.57 Å². The normalized spacial score (nSPS) is 10.7. The number of hydrogen-bond donors (Lipinski definition) is 0. The second kappa shape index (κ2) is 5.75. The first kappa shape index (κ1) is 13.4. The van der Waals surface area contributed by atoms with Crippen molar-refractivity contribution in [3.63, 3.8) is 0 Å². The average Bonchev–Trinajstić information content (AvgIpc) is 2.33. The first-order chi connectivity index (χ1) is 8.56. The van der Waals surface area contributed by atoms with E-state index in [1.807, 2.05) is 22.6 Å². The van der Waals surface area contributed by atoms with E-state index < -0.39 is 6.61 Å². The zero-order valence-electron chi connectivity index (χ0n) is 8.78. The molecule has 7 heteroatoms. The van der Waals surface area contributed by atoms with Crippen LogP contribution in [0.4, 0.5) is 8.78 Å². The molecule has 0 bridgehead atoms. The maximum Gasteiger partial charge on any atom is 0.387 e. The molecule has 94 valence electrons. The van der Waals surface area contributed by atoms with Crippen LogP contribution in [0.5, 0.6) is 5.75 Å². The van der Waals surface area contributed by atoms with Crippen LogP contribution in [0, 0.1) is 3.57 Å². The zero-order chi connectivity index (χ0) is 13.1. The van der Waals surface area contributed by atoms with E-state index in [1.165, 1.54) is 12.1 Å². The number of hydrogen-bond acceptors (Lipinski definition) is 3. The molecule has 0 aliphatic heterocycles. The lowest BCUT2D eigenvalue weighted by Gasteiger charge is -2.05. The molecule has 0 N–H and O–H groups in total. The van der Waals surface area contributed by atoms with Crippen molar-refractivity contribution >= 4 is 34.2 Å². The highest BCUT2D eigenvalue weighted by molar-refractivity contribution is 14.1. The van der Waals surface area contributed by atoms with Crippen molar-refractivity contribution < 1.29 is 13.5 Å². The van der Waals surface area contributed by atoms with Crippen LogP contribution >= 0.6 is 34.2 Å². The lowest BCUT2D eigenvalue weighted by atomic mass is 10.2. The Morgan fingerprint density at radius 2 is 1.89 bits per heavy atom. The molecule has 1 heterocycles. The predicted octanol–water partition coefficient (Wildman–Crippen LogP) is 4.00. The highest BCUT2D eigenvalue weighted by atomic mass is 127. The number of nitrogens with zero attached hydrogens (tertiary/aromatic N) is 2. The fourth-order valence-electron chi connectivity index (χ4n) is 1.27. The van der Waals surface area contributed by atoms with E-state index in [4.69, 9.17) is 11.6 Å². The number of rotatable bonds is 3. The summed E-state index contributed by atoms with van der Waals surface area (Å²) in [6.07, 6.45) is 1.59. The van der Waals surface area contributed by atoms with Crippen LogP contribution in [0.15, 0.2) is 30.5 Å². The van der Waals surface area contributed by atoms with E-state index >= 15 is 0 Å². The summed E-state index contributed by atoms with van der Waals surface area (Å²) in [7, 11) is 0. The first-order valence-corrected chi connectivity index (χ1v) is 6.25. The van der Waals surface area contributed by atoms with Crippen LogP contribution < -0.4 is 4.74 Å². The molecule has 2 rings (SSSR count). The molecule has 0 aliphatic carbocycles. The Bertz CT molecular complexity index is 551. The third-order valence-electron chi connectivity index (χ3n) is 2.04. The van der Waals surface area contributed by atoms with Crippen molar-refractivity contribution in [3.05, 3.63) is 39.2 Å². The average molecular weight is 383 g/mol. The van der Waals surface area contributed by atoms with Gasteiger partial charge in [0.2, 0.25) is 0 Å². The minimum absolute atomic E-state index is 0.0883. The molecule has 0 radical (unpaired) electrons. The van der Waals surface area contributed by atoms with Crippen LogP contribution in [-0.2, 0) is 0 Å². The summed E-state index contributed by atoms with van der Waals surface area (Å²) in [5, 5.41) is 0.355. The van der Waals surface area contributed by atoms with Crippen molar-refractivity contribution in [2.75, 3.05) is 0 Å². The zero-order valence-corrected chi connectivity index (χ0v) is 11.7. The number of alkyl halides is 2. The van der Waals surface area contributed by atoms with Gasteiger partial charge in [0.1, 0.15) is 10.9 Å². The number of aromatic nitrogens is 2. The van der Waals surface area contributed by atoms with Gasteiger partial charge in [-0.1, -0.05) is 11.6 Å². The predicted molar refractivity (Wildman–Crippen MR) is 71.8 cm³/mol. The topological polar surface area (TPSA) is 35.0 Å². The number of benzene rings is 1.